The fourth-order valence-corrected chi connectivity index (χ4v) is 7.10. The van der Waals surface area contributed by atoms with Crippen LogP contribution in [0.5, 0.6) is 17.2 Å². The van der Waals surface area contributed by atoms with Crippen molar-refractivity contribution in [3.63, 3.8) is 0 Å². The molecule has 4 rings (SSSR count). The zero-order valence-electron chi connectivity index (χ0n) is 25.6. The number of halogens is 2. The number of hydrogen-bond donors (Lipinski definition) is 1. The molecule has 0 aromatic heterocycles. The second kappa shape index (κ2) is 15.2. The average Bonchev–Trinajstić information content (AvgIpc) is 3.55. The molecule has 10 nitrogen and oxygen atoms in total. The van der Waals surface area contributed by atoms with E-state index in [0.29, 0.717) is 5.75 Å². The van der Waals surface area contributed by atoms with E-state index in [-0.39, 0.29) is 45.6 Å². The number of carbonyl (C=O) groups excluding carboxylic acids is 2. The second-order valence-corrected chi connectivity index (χ2v) is 13.9. The van der Waals surface area contributed by atoms with Crippen LogP contribution in [0.4, 0.5) is 5.69 Å². The molecule has 3 aromatic rings. The monoisotopic (exact) mass is 721 g/mol. The molecule has 13 heteroatoms. The summed E-state index contributed by atoms with van der Waals surface area (Å²) in [5.41, 5.74) is 0.821. The van der Waals surface area contributed by atoms with Gasteiger partial charge in [-0.25, -0.2) is 8.42 Å². The Hall–Kier alpha value is -3.48. The minimum Gasteiger partial charge on any atom is -0.495 e. The highest BCUT2D eigenvalue weighted by Crippen LogP contribution is 2.37. The normalized spacial score (nSPS) is 14.0. The lowest BCUT2D eigenvalue weighted by Gasteiger charge is -2.33. The standard InChI is InChI=1S/C32H37BrClN3O7S/c1-21(32(39)35-25-7-5-6-8-25)36(19-22-9-11-23(33)12-10-22)31(38)20-37(27-17-24(34)13-15-28(27)42-2)45(40,41)26-14-16-29(43-3)30(18-26)44-4/h9-18,21,25H,5-8,19-20H2,1-4H3,(H,35,39)/t21-/m1/s1. The van der Waals surface area contributed by atoms with Crippen molar-refractivity contribution in [1.29, 1.82) is 0 Å². The zero-order chi connectivity index (χ0) is 32.7. The Morgan fingerprint density at radius 2 is 1.56 bits per heavy atom. The van der Waals surface area contributed by atoms with Gasteiger partial charge in [0, 0.05) is 28.1 Å². The number of nitrogens with zero attached hydrogens (tertiary/aromatic N) is 2. The first-order valence-electron chi connectivity index (χ1n) is 14.4. The van der Waals surface area contributed by atoms with Crippen molar-refractivity contribution in [2.45, 2.75) is 56.1 Å². The molecule has 0 saturated heterocycles. The highest BCUT2D eigenvalue weighted by Gasteiger charge is 2.35. The highest BCUT2D eigenvalue weighted by molar-refractivity contribution is 9.10. The van der Waals surface area contributed by atoms with Crippen LogP contribution in [-0.2, 0) is 26.2 Å². The van der Waals surface area contributed by atoms with Crippen LogP contribution in [0.3, 0.4) is 0 Å². The summed E-state index contributed by atoms with van der Waals surface area (Å²) in [7, 11) is -0.195. The van der Waals surface area contributed by atoms with E-state index in [9.17, 15) is 18.0 Å². The van der Waals surface area contributed by atoms with Crippen molar-refractivity contribution in [1.82, 2.24) is 10.2 Å². The number of anilines is 1. The zero-order valence-corrected chi connectivity index (χ0v) is 28.7. The molecule has 2 amide bonds. The lowest BCUT2D eigenvalue weighted by molar-refractivity contribution is -0.139. The molecular weight excluding hydrogens is 686 g/mol. The molecule has 0 bridgehead atoms. The van der Waals surface area contributed by atoms with Gasteiger partial charge in [-0.05, 0) is 67.8 Å². The number of amides is 2. The van der Waals surface area contributed by atoms with E-state index in [4.69, 9.17) is 25.8 Å². The van der Waals surface area contributed by atoms with Gasteiger partial charge < -0.3 is 24.4 Å². The Morgan fingerprint density at radius 3 is 2.18 bits per heavy atom. The summed E-state index contributed by atoms with van der Waals surface area (Å²) in [6.07, 6.45) is 3.83. The molecular formula is C32H37BrClN3O7S. The van der Waals surface area contributed by atoms with Gasteiger partial charge in [0.2, 0.25) is 11.8 Å². The van der Waals surface area contributed by atoms with Gasteiger partial charge in [0.15, 0.2) is 11.5 Å². The van der Waals surface area contributed by atoms with E-state index in [0.717, 1.165) is 40.0 Å². The number of sulfonamides is 1. The highest BCUT2D eigenvalue weighted by atomic mass is 79.9. The van der Waals surface area contributed by atoms with Crippen molar-refractivity contribution in [3.05, 3.63) is 75.7 Å². The Bertz CT molecular complexity index is 1620. The van der Waals surface area contributed by atoms with E-state index in [2.05, 4.69) is 21.2 Å². The Labute approximate surface area is 277 Å². The average molecular weight is 723 g/mol. The second-order valence-electron chi connectivity index (χ2n) is 10.7. The number of benzene rings is 3. The van der Waals surface area contributed by atoms with E-state index >= 15 is 0 Å². The SMILES string of the molecule is COc1ccc(S(=O)(=O)N(CC(=O)N(Cc2ccc(Br)cc2)[C@H](C)C(=O)NC2CCCC2)c2cc(Cl)ccc2OC)cc1OC. The number of methoxy groups -OCH3 is 3. The summed E-state index contributed by atoms with van der Waals surface area (Å²) in [6, 6.07) is 15.2. The fourth-order valence-electron chi connectivity index (χ4n) is 5.24. The van der Waals surface area contributed by atoms with Gasteiger partial charge in [0.05, 0.1) is 31.9 Å². The first kappa shape index (κ1) is 34.4. The van der Waals surface area contributed by atoms with Crippen molar-refractivity contribution >= 4 is 55.1 Å². The quantitative estimate of drug-likeness (QED) is 0.237. The lowest BCUT2D eigenvalue weighted by atomic mass is 10.1. The van der Waals surface area contributed by atoms with Crippen LogP contribution in [0.1, 0.15) is 38.2 Å². The summed E-state index contributed by atoms with van der Waals surface area (Å²) in [5.74, 6) is -0.193. The Morgan fingerprint density at radius 1 is 0.933 bits per heavy atom. The number of carbonyl (C=O) groups is 2. The van der Waals surface area contributed by atoms with E-state index in [1.165, 1.54) is 56.6 Å². The maximum Gasteiger partial charge on any atom is 0.265 e. The molecule has 45 heavy (non-hydrogen) atoms. The van der Waals surface area contributed by atoms with Gasteiger partial charge in [-0.1, -0.05) is 52.5 Å². The summed E-state index contributed by atoms with van der Waals surface area (Å²) < 4.78 is 46.6. The minimum absolute atomic E-state index is 0.0437. The molecule has 1 saturated carbocycles. The maximum absolute atomic E-state index is 14.3. The summed E-state index contributed by atoms with van der Waals surface area (Å²) >= 11 is 9.75. The third-order valence-electron chi connectivity index (χ3n) is 7.77. The molecule has 0 spiro atoms. The van der Waals surface area contributed by atoms with Crippen LogP contribution in [0.25, 0.3) is 0 Å². The lowest BCUT2D eigenvalue weighted by Crippen LogP contribution is -2.52. The van der Waals surface area contributed by atoms with Gasteiger partial charge in [0.1, 0.15) is 18.3 Å². The van der Waals surface area contributed by atoms with Crippen molar-refractivity contribution in [2.24, 2.45) is 0 Å². The minimum atomic E-state index is -4.43. The molecule has 0 heterocycles. The molecule has 242 valence electrons. The molecule has 0 aliphatic heterocycles. The van der Waals surface area contributed by atoms with Gasteiger partial charge in [-0.3, -0.25) is 13.9 Å². The number of nitrogens with one attached hydrogen (secondary N) is 1. The summed E-state index contributed by atoms with van der Waals surface area (Å²) in [5, 5.41) is 3.30. The first-order chi connectivity index (χ1) is 21.5. The van der Waals surface area contributed by atoms with Crippen molar-refractivity contribution in [2.75, 3.05) is 32.2 Å². The number of hydrogen-bond acceptors (Lipinski definition) is 7. The Balaban J connectivity index is 1.77. The summed E-state index contributed by atoms with van der Waals surface area (Å²) in [6.45, 7) is 1.07. The van der Waals surface area contributed by atoms with Crippen molar-refractivity contribution in [3.8, 4) is 17.2 Å². The first-order valence-corrected chi connectivity index (χ1v) is 17.0. The molecule has 1 fully saturated rings. The largest absolute Gasteiger partial charge is 0.495 e. The third kappa shape index (κ3) is 8.22. The van der Waals surface area contributed by atoms with E-state index in [1.54, 1.807) is 13.0 Å². The fraction of sp³-hybridized carbons (Fsp3) is 0.375. The van der Waals surface area contributed by atoms with Gasteiger partial charge in [-0.15, -0.1) is 0 Å². The van der Waals surface area contributed by atoms with Crippen molar-refractivity contribution < 1.29 is 32.2 Å². The van der Waals surface area contributed by atoms with Crippen LogP contribution in [0.15, 0.2) is 70.0 Å². The predicted octanol–water partition coefficient (Wildman–Crippen LogP) is 5.80. The molecule has 0 unspecified atom stereocenters. The van der Waals surface area contributed by atoms with Gasteiger partial charge in [0.25, 0.3) is 10.0 Å². The Kier molecular flexibility index (Phi) is 11.6. The van der Waals surface area contributed by atoms with Crippen LogP contribution in [-0.4, -0.2) is 65.1 Å². The third-order valence-corrected chi connectivity index (χ3v) is 10.3. The van der Waals surface area contributed by atoms with Gasteiger partial charge >= 0.3 is 0 Å². The molecule has 3 aromatic carbocycles. The number of ether oxygens (including phenoxy) is 3. The maximum atomic E-state index is 14.3. The van der Waals surface area contributed by atoms with Crippen LogP contribution < -0.4 is 23.8 Å². The predicted molar refractivity (Wildman–Crippen MR) is 177 cm³/mol. The topological polar surface area (TPSA) is 114 Å². The van der Waals surface area contributed by atoms with Crippen LogP contribution in [0, 0.1) is 0 Å². The molecule has 1 aliphatic carbocycles. The van der Waals surface area contributed by atoms with E-state index < -0.39 is 28.5 Å². The van der Waals surface area contributed by atoms with Crippen LogP contribution >= 0.6 is 27.5 Å². The van der Waals surface area contributed by atoms with Crippen LogP contribution in [0.2, 0.25) is 5.02 Å². The van der Waals surface area contributed by atoms with Gasteiger partial charge in [-0.2, -0.15) is 0 Å². The number of rotatable bonds is 13. The molecule has 1 aliphatic rings. The summed E-state index contributed by atoms with van der Waals surface area (Å²) in [4.78, 5) is 29.0. The molecule has 1 N–H and O–H groups in total. The smallest absolute Gasteiger partial charge is 0.265 e. The molecule has 1 atom stereocenters. The molecule has 0 radical (unpaired) electrons. The van der Waals surface area contributed by atoms with E-state index in [1.807, 2.05) is 24.3 Å².